The second-order valence-corrected chi connectivity index (χ2v) is 6.59. The lowest BCUT2D eigenvalue weighted by atomic mass is 9.99. The first-order valence-corrected chi connectivity index (χ1v) is 7.64. The number of carbonyl (C=O) groups excluding carboxylic acids is 1. The third kappa shape index (κ3) is 4.18. The van der Waals surface area contributed by atoms with Crippen LogP contribution in [0.15, 0.2) is 0 Å². The SMILES string of the molecule is CC1CN(C(C(=O)NCC2CC2)C(C)C)CC(C)O1. The van der Waals surface area contributed by atoms with Gasteiger partial charge >= 0.3 is 0 Å². The number of nitrogens with one attached hydrogen (secondary N) is 1. The van der Waals surface area contributed by atoms with E-state index in [-0.39, 0.29) is 24.2 Å². The summed E-state index contributed by atoms with van der Waals surface area (Å²) in [5.74, 6) is 1.26. The largest absolute Gasteiger partial charge is 0.373 e. The van der Waals surface area contributed by atoms with Crippen molar-refractivity contribution < 1.29 is 9.53 Å². The Balaban J connectivity index is 1.94. The van der Waals surface area contributed by atoms with Crippen molar-refractivity contribution in [2.45, 2.75) is 58.8 Å². The minimum Gasteiger partial charge on any atom is -0.373 e. The molecule has 1 saturated heterocycles. The molecule has 3 atom stereocenters. The molecule has 110 valence electrons. The van der Waals surface area contributed by atoms with E-state index in [1.54, 1.807) is 0 Å². The van der Waals surface area contributed by atoms with Crippen LogP contribution in [0.1, 0.15) is 40.5 Å². The Morgan fingerprint density at radius 2 is 1.84 bits per heavy atom. The molecule has 1 heterocycles. The molecule has 19 heavy (non-hydrogen) atoms. The van der Waals surface area contributed by atoms with Crippen molar-refractivity contribution in [2.24, 2.45) is 11.8 Å². The van der Waals surface area contributed by atoms with E-state index in [0.29, 0.717) is 5.92 Å². The maximum atomic E-state index is 12.4. The third-order valence-corrected chi connectivity index (χ3v) is 4.00. The van der Waals surface area contributed by atoms with Crippen molar-refractivity contribution in [3.63, 3.8) is 0 Å². The Labute approximate surface area is 116 Å². The smallest absolute Gasteiger partial charge is 0.237 e. The molecule has 0 bridgehead atoms. The van der Waals surface area contributed by atoms with Gasteiger partial charge in [-0.05, 0) is 38.5 Å². The fourth-order valence-corrected chi connectivity index (χ4v) is 3.01. The number of morpholine rings is 1. The number of nitrogens with zero attached hydrogens (tertiary/aromatic N) is 1. The van der Waals surface area contributed by atoms with E-state index in [4.69, 9.17) is 4.74 Å². The summed E-state index contributed by atoms with van der Waals surface area (Å²) in [6.45, 7) is 11.0. The van der Waals surface area contributed by atoms with Crippen molar-refractivity contribution in [3.8, 4) is 0 Å². The summed E-state index contributed by atoms with van der Waals surface area (Å²) in [5.41, 5.74) is 0. The minimum absolute atomic E-state index is 0.0208. The second kappa shape index (κ2) is 6.23. The molecule has 1 N–H and O–H groups in total. The molecule has 0 spiro atoms. The maximum Gasteiger partial charge on any atom is 0.237 e. The van der Waals surface area contributed by atoms with Crippen LogP contribution < -0.4 is 5.32 Å². The fraction of sp³-hybridized carbons (Fsp3) is 0.933. The molecule has 0 radical (unpaired) electrons. The molecule has 4 heteroatoms. The Morgan fingerprint density at radius 3 is 2.32 bits per heavy atom. The van der Waals surface area contributed by atoms with E-state index >= 15 is 0 Å². The van der Waals surface area contributed by atoms with Crippen LogP contribution >= 0.6 is 0 Å². The van der Waals surface area contributed by atoms with Crippen molar-refractivity contribution >= 4 is 5.91 Å². The molecule has 1 amide bonds. The zero-order chi connectivity index (χ0) is 14.0. The highest BCUT2D eigenvalue weighted by Crippen LogP contribution is 2.27. The van der Waals surface area contributed by atoms with Crippen LogP contribution in [0.25, 0.3) is 0 Å². The van der Waals surface area contributed by atoms with Gasteiger partial charge in [-0.25, -0.2) is 0 Å². The highest BCUT2D eigenvalue weighted by atomic mass is 16.5. The van der Waals surface area contributed by atoms with Gasteiger partial charge < -0.3 is 10.1 Å². The Morgan fingerprint density at radius 1 is 1.26 bits per heavy atom. The predicted molar refractivity (Wildman–Crippen MR) is 75.9 cm³/mol. The molecule has 0 aromatic heterocycles. The molecule has 0 aromatic carbocycles. The highest BCUT2D eigenvalue weighted by Gasteiger charge is 2.34. The lowest BCUT2D eigenvalue weighted by Gasteiger charge is -2.41. The maximum absolute atomic E-state index is 12.4. The normalized spacial score (nSPS) is 30.4. The number of rotatable bonds is 5. The molecule has 1 saturated carbocycles. The molecule has 3 unspecified atom stereocenters. The summed E-state index contributed by atoms with van der Waals surface area (Å²) in [4.78, 5) is 14.7. The Kier molecular flexibility index (Phi) is 4.85. The second-order valence-electron chi connectivity index (χ2n) is 6.59. The molecule has 1 aliphatic heterocycles. The minimum atomic E-state index is -0.0208. The van der Waals surface area contributed by atoms with Crippen LogP contribution in [-0.4, -0.2) is 48.7 Å². The number of amides is 1. The molecule has 2 aliphatic rings. The van der Waals surface area contributed by atoms with E-state index in [1.165, 1.54) is 12.8 Å². The van der Waals surface area contributed by atoms with Gasteiger partial charge in [-0.3, -0.25) is 9.69 Å². The van der Waals surface area contributed by atoms with E-state index in [0.717, 1.165) is 25.6 Å². The molecule has 4 nitrogen and oxygen atoms in total. The van der Waals surface area contributed by atoms with Gasteiger partial charge in [0, 0.05) is 19.6 Å². The summed E-state index contributed by atoms with van der Waals surface area (Å²) in [7, 11) is 0. The molecule has 2 rings (SSSR count). The summed E-state index contributed by atoms with van der Waals surface area (Å²) < 4.78 is 5.76. The first-order chi connectivity index (χ1) is 8.97. The molecule has 1 aliphatic carbocycles. The van der Waals surface area contributed by atoms with Crippen LogP contribution in [0, 0.1) is 11.8 Å². The van der Waals surface area contributed by atoms with E-state index in [2.05, 4.69) is 37.9 Å². The Bertz CT molecular complexity index is 305. The van der Waals surface area contributed by atoms with Crippen LogP contribution in [0.4, 0.5) is 0 Å². The van der Waals surface area contributed by atoms with Gasteiger partial charge in [-0.2, -0.15) is 0 Å². The lowest BCUT2D eigenvalue weighted by molar-refractivity contribution is -0.135. The van der Waals surface area contributed by atoms with E-state index < -0.39 is 0 Å². The van der Waals surface area contributed by atoms with Crippen LogP contribution in [0.5, 0.6) is 0 Å². The van der Waals surface area contributed by atoms with E-state index in [9.17, 15) is 4.79 Å². The molecule has 2 fully saturated rings. The monoisotopic (exact) mass is 268 g/mol. The average molecular weight is 268 g/mol. The number of ether oxygens (including phenoxy) is 1. The van der Waals surface area contributed by atoms with Gasteiger partial charge in [0.05, 0.1) is 18.2 Å². The quantitative estimate of drug-likeness (QED) is 0.824. The van der Waals surface area contributed by atoms with Gasteiger partial charge in [-0.15, -0.1) is 0 Å². The molecular formula is C15H28N2O2. The predicted octanol–water partition coefficient (Wildman–Crippen LogP) is 1.65. The van der Waals surface area contributed by atoms with Gasteiger partial charge in [-0.1, -0.05) is 13.8 Å². The van der Waals surface area contributed by atoms with Crippen molar-refractivity contribution in [1.29, 1.82) is 0 Å². The zero-order valence-electron chi connectivity index (χ0n) is 12.7. The summed E-state index contributed by atoms with van der Waals surface area (Å²) >= 11 is 0. The summed E-state index contributed by atoms with van der Waals surface area (Å²) in [6, 6.07) is -0.0208. The summed E-state index contributed by atoms with van der Waals surface area (Å²) in [6.07, 6.45) is 2.97. The number of hydrogen-bond donors (Lipinski definition) is 1. The first-order valence-electron chi connectivity index (χ1n) is 7.64. The zero-order valence-corrected chi connectivity index (χ0v) is 12.7. The lowest BCUT2D eigenvalue weighted by Crippen LogP contribution is -2.57. The topological polar surface area (TPSA) is 41.6 Å². The number of carbonyl (C=O) groups is 1. The van der Waals surface area contributed by atoms with Gasteiger partial charge in [0.15, 0.2) is 0 Å². The summed E-state index contributed by atoms with van der Waals surface area (Å²) in [5, 5.41) is 3.13. The standard InChI is InChI=1S/C15H28N2O2/c1-10(2)14(15(18)16-7-13-5-6-13)17-8-11(3)19-12(4)9-17/h10-14H,5-9H2,1-4H3,(H,16,18). The Hall–Kier alpha value is -0.610. The van der Waals surface area contributed by atoms with Crippen LogP contribution in [0.3, 0.4) is 0 Å². The van der Waals surface area contributed by atoms with Gasteiger partial charge in [0.2, 0.25) is 5.91 Å². The van der Waals surface area contributed by atoms with E-state index in [1.807, 2.05) is 0 Å². The first kappa shape index (κ1) is 14.8. The van der Waals surface area contributed by atoms with Gasteiger partial charge in [0.25, 0.3) is 0 Å². The van der Waals surface area contributed by atoms with Crippen molar-refractivity contribution in [3.05, 3.63) is 0 Å². The van der Waals surface area contributed by atoms with Gasteiger partial charge in [0.1, 0.15) is 0 Å². The van der Waals surface area contributed by atoms with Crippen molar-refractivity contribution in [1.82, 2.24) is 10.2 Å². The fourth-order valence-electron chi connectivity index (χ4n) is 3.01. The van der Waals surface area contributed by atoms with Crippen molar-refractivity contribution in [2.75, 3.05) is 19.6 Å². The average Bonchev–Trinajstić information content (AvgIpc) is 3.08. The molecular weight excluding hydrogens is 240 g/mol. The molecule has 0 aromatic rings. The number of hydrogen-bond acceptors (Lipinski definition) is 3. The van der Waals surface area contributed by atoms with Crippen LogP contribution in [0.2, 0.25) is 0 Å². The third-order valence-electron chi connectivity index (χ3n) is 4.00. The van der Waals surface area contributed by atoms with Crippen LogP contribution in [-0.2, 0) is 9.53 Å². The highest BCUT2D eigenvalue weighted by molar-refractivity contribution is 5.82.